The maximum absolute atomic E-state index is 10.7. The van der Waals surface area contributed by atoms with Crippen LogP contribution in [0.3, 0.4) is 0 Å². The second-order valence-corrected chi connectivity index (χ2v) is 6.85. The van der Waals surface area contributed by atoms with Crippen LogP contribution in [0, 0.1) is 11.3 Å². The number of imidazole rings is 1. The Bertz CT molecular complexity index is 659. The summed E-state index contributed by atoms with van der Waals surface area (Å²) in [6.07, 6.45) is 5.75. The predicted molar refractivity (Wildman–Crippen MR) is 78.3 cm³/mol. The van der Waals surface area contributed by atoms with Crippen LogP contribution in [-0.2, 0) is 0 Å². The molecule has 2 aromatic rings. The van der Waals surface area contributed by atoms with E-state index in [9.17, 15) is 5.11 Å². The van der Waals surface area contributed by atoms with Gasteiger partial charge in [-0.1, -0.05) is 38.1 Å². The predicted octanol–water partition coefficient (Wildman–Crippen LogP) is 3.25. The Morgan fingerprint density at radius 2 is 2.10 bits per heavy atom. The second kappa shape index (κ2) is 3.95. The molecule has 4 rings (SSSR count). The van der Waals surface area contributed by atoms with Gasteiger partial charge in [0.25, 0.3) is 0 Å². The van der Waals surface area contributed by atoms with Gasteiger partial charge in [-0.3, -0.25) is 0 Å². The minimum atomic E-state index is -0.256. The Balaban J connectivity index is 1.84. The van der Waals surface area contributed by atoms with Gasteiger partial charge in [0.2, 0.25) is 0 Å². The normalized spacial score (nSPS) is 30.2. The average molecular weight is 268 g/mol. The molecule has 0 spiro atoms. The third-order valence-electron chi connectivity index (χ3n) is 5.25. The van der Waals surface area contributed by atoms with E-state index in [1.165, 1.54) is 16.8 Å². The van der Waals surface area contributed by atoms with Crippen LogP contribution in [0.5, 0.6) is 0 Å². The molecule has 1 N–H and O–H groups in total. The van der Waals surface area contributed by atoms with Gasteiger partial charge in [0.1, 0.15) is 0 Å². The Morgan fingerprint density at radius 3 is 2.85 bits per heavy atom. The van der Waals surface area contributed by atoms with Crippen molar-refractivity contribution < 1.29 is 5.11 Å². The molecule has 3 atom stereocenters. The van der Waals surface area contributed by atoms with Gasteiger partial charge in [0.15, 0.2) is 0 Å². The molecule has 2 aliphatic rings. The van der Waals surface area contributed by atoms with E-state index in [0.717, 1.165) is 12.8 Å². The fourth-order valence-corrected chi connectivity index (χ4v) is 4.06. The smallest absolute Gasteiger partial charge is 0.0956 e. The van der Waals surface area contributed by atoms with Gasteiger partial charge in [-0.2, -0.15) is 0 Å². The van der Waals surface area contributed by atoms with Crippen molar-refractivity contribution in [3.8, 4) is 11.3 Å². The summed E-state index contributed by atoms with van der Waals surface area (Å²) in [5.74, 6) is 0.279. The van der Waals surface area contributed by atoms with Gasteiger partial charge in [-0.15, -0.1) is 0 Å². The number of aromatic nitrogens is 2. The van der Waals surface area contributed by atoms with Crippen LogP contribution in [0.2, 0.25) is 0 Å². The van der Waals surface area contributed by atoms with Crippen molar-refractivity contribution >= 4 is 0 Å². The Kier molecular flexibility index (Phi) is 2.40. The van der Waals surface area contributed by atoms with Crippen LogP contribution in [0.15, 0.2) is 36.8 Å². The highest BCUT2D eigenvalue weighted by Crippen LogP contribution is 2.52. The quantitative estimate of drug-likeness (QED) is 0.862. The minimum Gasteiger partial charge on any atom is -0.392 e. The Morgan fingerprint density at radius 1 is 1.30 bits per heavy atom. The lowest BCUT2D eigenvalue weighted by Gasteiger charge is -2.30. The molecule has 1 aromatic carbocycles. The lowest BCUT2D eigenvalue weighted by Crippen LogP contribution is -2.32. The SMILES string of the molecule is CC1(C)CCC([C@H]2c3ccccc3-c3cncn32)C1O. The van der Waals surface area contributed by atoms with E-state index in [1.54, 1.807) is 0 Å². The van der Waals surface area contributed by atoms with E-state index in [2.05, 4.69) is 47.7 Å². The molecule has 1 aromatic heterocycles. The molecule has 3 nitrogen and oxygen atoms in total. The second-order valence-electron chi connectivity index (χ2n) is 6.85. The summed E-state index contributed by atoms with van der Waals surface area (Å²) in [6, 6.07) is 8.77. The summed E-state index contributed by atoms with van der Waals surface area (Å²) in [5, 5.41) is 10.7. The lowest BCUT2D eigenvalue weighted by molar-refractivity contribution is 0.0344. The van der Waals surface area contributed by atoms with Crippen LogP contribution in [0.4, 0.5) is 0 Å². The zero-order chi connectivity index (χ0) is 13.9. The number of benzene rings is 1. The highest BCUT2D eigenvalue weighted by molar-refractivity contribution is 5.69. The summed E-state index contributed by atoms with van der Waals surface area (Å²) in [4.78, 5) is 4.31. The first kappa shape index (κ1) is 12.2. The van der Waals surface area contributed by atoms with Crippen LogP contribution in [0.25, 0.3) is 11.3 Å². The average Bonchev–Trinajstić information content (AvgIpc) is 3.07. The third kappa shape index (κ3) is 1.47. The van der Waals surface area contributed by atoms with Gasteiger partial charge in [0.05, 0.1) is 30.4 Å². The Labute approximate surface area is 119 Å². The molecular formula is C17H20N2O. The first-order chi connectivity index (χ1) is 9.59. The van der Waals surface area contributed by atoms with Crippen LogP contribution in [-0.4, -0.2) is 20.8 Å². The molecule has 1 fully saturated rings. The first-order valence-electron chi connectivity index (χ1n) is 7.39. The van der Waals surface area contributed by atoms with E-state index in [0.29, 0.717) is 0 Å². The van der Waals surface area contributed by atoms with Gasteiger partial charge in [0, 0.05) is 11.5 Å². The van der Waals surface area contributed by atoms with Gasteiger partial charge in [-0.25, -0.2) is 4.98 Å². The van der Waals surface area contributed by atoms with Crippen molar-refractivity contribution in [2.45, 2.75) is 38.8 Å². The highest BCUT2D eigenvalue weighted by Gasteiger charge is 2.47. The summed E-state index contributed by atoms with van der Waals surface area (Å²) < 4.78 is 2.25. The molecule has 0 saturated heterocycles. The molecule has 0 bridgehead atoms. The molecule has 1 aliphatic carbocycles. The van der Waals surface area contributed by atoms with Crippen molar-refractivity contribution in [2.24, 2.45) is 11.3 Å². The summed E-state index contributed by atoms with van der Waals surface area (Å²) in [7, 11) is 0. The number of nitrogens with zero attached hydrogens (tertiary/aromatic N) is 2. The molecular weight excluding hydrogens is 248 g/mol. The molecule has 104 valence electrons. The summed E-state index contributed by atoms with van der Waals surface area (Å²) in [6.45, 7) is 4.35. The fourth-order valence-electron chi connectivity index (χ4n) is 4.06. The van der Waals surface area contributed by atoms with E-state index < -0.39 is 0 Å². The van der Waals surface area contributed by atoms with Crippen molar-refractivity contribution in [1.29, 1.82) is 0 Å². The molecule has 2 heterocycles. The number of hydrogen-bond acceptors (Lipinski definition) is 2. The number of rotatable bonds is 1. The van der Waals surface area contributed by atoms with Crippen LogP contribution in [0.1, 0.15) is 38.3 Å². The first-order valence-corrected chi connectivity index (χ1v) is 7.39. The topological polar surface area (TPSA) is 38.0 Å². The van der Waals surface area contributed by atoms with Gasteiger partial charge < -0.3 is 9.67 Å². The lowest BCUT2D eigenvalue weighted by atomic mass is 9.83. The van der Waals surface area contributed by atoms with Crippen molar-refractivity contribution in [2.75, 3.05) is 0 Å². The maximum Gasteiger partial charge on any atom is 0.0956 e. The van der Waals surface area contributed by atoms with Crippen molar-refractivity contribution in [3.05, 3.63) is 42.4 Å². The summed E-state index contributed by atoms with van der Waals surface area (Å²) in [5.41, 5.74) is 3.81. The van der Waals surface area contributed by atoms with Crippen LogP contribution < -0.4 is 0 Å². The molecule has 1 aliphatic heterocycles. The van der Waals surface area contributed by atoms with E-state index in [4.69, 9.17) is 0 Å². The van der Waals surface area contributed by atoms with Crippen LogP contribution >= 0.6 is 0 Å². The fraction of sp³-hybridized carbons (Fsp3) is 0.471. The molecule has 1 saturated carbocycles. The van der Waals surface area contributed by atoms with E-state index in [-0.39, 0.29) is 23.5 Å². The minimum absolute atomic E-state index is 0.0168. The number of fused-ring (bicyclic) bond motifs is 3. The Hall–Kier alpha value is -1.61. The molecule has 0 radical (unpaired) electrons. The molecule has 20 heavy (non-hydrogen) atoms. The maximum atomic E-state index is 10.7. The standard InChI is InChI=1S/C17H20N2O/c1-17(2)8-7-13(16(17)20)15-12-6-4-3-5-11(12)14-9-18-10-19(14)15/h3-6,9-10,13,15-16,20H,7-8H2,1-2H3/t13?,15-,16?/m1/s1. The third-order valence-corrected chi connectivity index (χ3v) is 5.25. The summed E-state index contributed by atoms with van der Waals surface area (Å²) >= 11 is 0. The zero-order valence-corrected chi connectivity index (χ0v) is 12.0. The van der Waals surface area contributed by atoms with E-state index >= 15 is 0 Å². The van der Waals surface area contributed by atoms with Gasteiger partial charge >= 0.3 is 0 Å². The molecule has 3 heteroatoms. The van der Waals surface area contributed by atoms with Gasteiger partial charge in [-0.05, 0) is 23.8 Å². The number of aliphatic hydroxyl groups is 1. The molecule has 2 unspecified atom stereocenters. The van der Waals surface area contributed by atoms with Crippen molar-refractivity contribution in [1.82, 2.24) is 9.55 Å². The van der Waals surface area contributed by atoms with E-state index in [1.807, 2.05) is 12.5 Å². The van der Waals surface area contributed by atoms with Crippen molar-refractivity contribution in [3.63, 3.8) is 0 Å². The zero-order valence-electron chi connectivity index (χ0n) is 12.0. The number of aliphatic hydroxyl groups excluding tert-OH is 1. The number of hydrogen-bond donors (Lipinski definition) is 1. The largest absolute Gasteiger partial charge is 0.392 e. The monoisotopic (exact) mass is 268 g/mol. The molecule has 0 amide bonds. The highest BCUT2D eigenvalue weighted by atomic mass is 16.3.